The van der Waals surface area contributed by atoms with Crippen molar-refractivity contribution in [2.24, 2.45) is 0 Å². The zero-order valence-electron chi connectivity index (χ0n) is 11.2. The molecule has 0 radical (unpaired) electrons. The molecule has 0 aliphatic heterocycles. The second kappa shape index (κ2) is 7.28. The first kappa shape index (κ1) is 15.6. The zero-order chi connectivity index (χ0) is 15.2. The normalized spacial score (nSPS) is 10.8. The molecule has 1 aromatic heterocycles. The third kappa shape index (κ3) is 4.09. The van der Waals surface area contributed by atoms with Crippen LogP contribution in [0.2, 0.25) is 0 Å². The first-order chi connectivity index (χ1) is 10.1. The Labute approximate surface area is 134 Å². The summed E-state index contributed by atoms with van der Waals surface area (Å²) in [4.78, 5) is 11.7. The van der Waals surface area contributed by atoms with Crippen molar-refractivity contribution in [1.82, 2.24) is 0 Å². The van der Waals surface area contributed by atoms with Crippen molar-refractivity contribution in [3.63, 3.8) is 0 Å². The standard InChI is InChI=1S/C15H13BrO4S/c1-19-12-4-2-3-10(5-6-14(17)18)15(12)20-9-13-11(16)7-8-21-13/h2-8H,9H2,1H3,(H,17,18). The Morgan fingerprint density at radius 3 is 2.86 bits per heavy atom. The number of hydrogen-bond acceptors (Lipinski definition) is 4. The monoisotopic (exact) mass is 368 g/mol. The number of benzene rings is 1. The molecule has 4 nitrogen and oxygen atoms in total. The number of carboxylic acid groups (broad SMARTS) is 1. The van der Waals surface area contributed by atoms with Crippen molar-refractivity contribution in [2.75, 3.05) is 7.11 Å². The molecule has 0 fully saturated rings. The van der Waals surface area contributed by atoms with Crippen LogP contribution >= 0.6 is 27.3 Å². The molecule has 0 aliphatic carbocycles. The fourth-order valence-corrected chi connectivity index (χ4v) is 3.08. The van der Waals surface area contributed by atoms with Crippen LogP contribution in [0, 0.1) is 0 Å². The van der Waals surface area contributed by atoms with Gasteiger partial charge in [0.25, 0.3) is 0 Å². The maximum atomic E-state index is 10.7. The number of halogens is 1. The molecule has 21 heavy (non-hydrogen) atoms. The van der Waals surface area contributed by atoms with E-state index in [0.29, 0.717) is 23.7 Å². The molecule has 0 bridgehead atoms. The van der Waals surface area contributed by atoms with Gasteiger partial charge in [-0.1, -0.05) is 12.1 Å². The van der Waals surface area contributed by atoms with E-state index in [1.54, 1.807) is 36.6 Å². The Morgan fingerprint density at radius 2 is 2.24 bits per heavy atom. The maximum absolute atomic E-state index is 10.7. The molecule has 0 unspecified atom stereocenters. The van der Waals surface area contributed by atoms with Crippen LogP contribution < -0.4 is 9.47 Å². The maximum Gasteiger partial charge on any atom is 0.328 e. The Kier molecular flexibility index (Phi) is 5.41. The summed E-state index contributed by atoms with van der Waals surface area (Å²) in [6.07, 6.45) is 2.56. The lowest BCUT2D eigenvalue weighted by Crippen LogP contribution is -1.99. The number of methoxy groups -OCH3 is 1. The minimum Gasteiger partial charge on any atom is -0.493 e. The molecule has 110 valence electrons. The van der Waals surface area contributed by atoms with Crippen LogP contribution in [0.15, 0.2) is 40.2 Å². The Morgan fingerprint density at radius 1 is 1.43 bits per heavy atom. The summed E-state index contributed by atoms with van der Waals surface area (Å²) in [5.41, 5.74) is 0.657. The van der Waals surface area contributed by atoms with Crippen molar-refractivity contribution in [2.45, 2.75) is 6.61 Å². The Hall–Kier alpha value is -1.79. The molecular weight excluding hydrogens is 356 g/mol. The van der Waals surface area contributed by atoms with E-state index in [9.17, 15) is 4.79 Å². The zero-order valence-corrected chi connectivity index (χ0v) is 13.6. The number of aliphatic carboxylic acids is 1. The van der Waals surface area contributed by atoms with Gasteiger partial charge in [-0.15, -0.1) is 11.3 Å². The molecule has 1 aromatic carbocycles. The van der Waals surface area contributed by atoms with E-state index >= 15 is 0 Å². The highest BCUT2D eigenvalue weighted by Crippen LogP contribution is 2.34. The van der Waals surface area contributed by atoms with Crippen LogP contribution in [0.25, 0.3) is 6.08 Å². The summed E-state index contributed by atoms with van der Waals surface area (Å²) in [5.74, 6) is 0.0813. The smallest absolute Gasteiger partial charge is 0.328 e. The van der Waals surface area contributed by atoms with Gasteiger partial charge in [0, 0.05) is 16.1 Å². The van der Waals surface area contributed by atoms with Crippen LogP contribution in [0.5, 0.6) is 11.5 Å². The molecular formula is C15H13BrO4S. The lowest BCUT2D eigenvalue weighted by atomic mass is 10.1. The highest BCUT2D eigenvalue weighted by atomic mass is 79.9. The summed E-state index contributed by atoms with van der Waals surface area (Å²) < 4.78 is 12.1. The van der Waals surface area contributed by atoms with Crippen LogP contribution in [0.1, 0.15) is 10.4 Å². The fraction of sp³-hybridized carbons (Fsp3) is 0.133. The van der Waals surface area contributed by atoms with E-state index in [2.05, 4.69) is 15.9 Å². The third-order valence-corrected chi connectivity index (χ3v) is 4.57. The van der Waals surface area contributed by atoms with Gasteiger partial charge in [0.15, 0.2) is 11.5 Å². The van der Waals surface area contributed by atoms with E-state index < -0.39 is 5.97 Å². The largest absolute Gasteiger partial charge is 0.493 e. The fourth-order valence-electron chi connectivity index (χ4n) is 1.71. The molecule has 0 amide bonds. The molecule has 0 atom stereocenters. The minimum atomic E-state index is -1.01. The van der Waals surface area contributed by atoms with Crippen molar-refractivity contribution in [3.05, 3.63) is 50.6 Å². The highest BCUT2D eigenvalue weighted by molar-refractivity contribution is 9.10. The lowest BCUT2D eigenvalue weighted by molar-refractivity contribution is -0.131. The van der Waals surface area contributed by atoms with E-state index in [-0.39, 0.29) is 0 Å². The van der Waals surface area contributed by atoms with Crippen LogP contribution in [-0.2, 0) is 11.4 Å². The Bertz CT molecular complexity index is 663. The van der Waals surface area contributed by atoms with Gasteiger partial charge in [0.05, 0.1) is 12.0 Å². The van der Waals surface area contributed by atoms with E-state index in [1.807, 2.05) is 11.4 Å². The number of carboxylic acids is 1. The molecule has 0 spiro atoms. The molecule has 6 heteroatoms. The van der Waals surface area contributed by atoms with Crippen molar-refractivity contribution >= 4 is 39.3 Å². The third-order valence-electron chi connectivity index (χ3n) is 2.67. The van der Waals surface area contributed by atoms with Crippen molar-refractivity contribution in [3.8, 4) is 11.5 Å². The molecule has 2 rings (SSSR count). The van der Waals surface area contributed by atoms with Crippen LogP contribution in [0.4, 0.5) is 0 Å². The molecule has 2 aromatic rings. The van der Waals surface area contributed by atoms with Gasteiger partial charge in [-0.25, -0.2) is 4.79 Å². The minimum absolute atomic E-state index is 0.381. The number of ether oxygens (including phenoxy) is 2. The summed E-state index contributed by atoms with van der Waals surface area (Å²) in [6, 6.07) is 7.29. The number of carbonyl (C=O) groups is 1. The molecule has 0 aliphatic rings. The predicted octanol–water partition coefficient (Wildman–Crippen LogP) is 4.20. The number of thiophene rings is 1. The first-order valence-corrected chi connectivity index (χ1v) is 7.71. The van der Waals surface area contributed by atoms with Crippen molar-refractivity contribution < 1.29 is 19.4 Å². The van der Waals surface area contributed by atoms with Gasteiger partial charge < -0.3 is 14.6 Å². The summed E-state index contributed by atoms with van der Waals surface area (Å²) in [7, 11) is 1.55. The van der Waals surface area contributed by atoms with Gasteiger partial charge in [-0.3, -0.25) is 0 Å². The van der Waals surface area contributed by atoms with Gasteiger partial charge in [-0.05, 0) is 39.5 Å². The van der Waals surface area contributed by atoms with Gasteiger partial charge in [-0.2, -0.15) is 0 Å². The predicted molar refractivity (Wildman–Crippen MR) is 86.0 cm³/mol. The van der Waals surface area contributed by atoms with Gasteiger partial charge in [0.2, 0.25) is 0 Å². The van der Waals surface area contributed by atoms with E-state index in [4.69, 9.17) is 14.6 Å². The molecule has 0 saturated carbocycles. The number of hydrogen-bond donors (Lipinski definition) is 1. The second-order valence-electron chi connectivity index (χ2n) is 4.03. The molecule has 0 saturated heterocycles. The highest BCUT2D eigenvalue weighted by Gasteiger charge is 2.11. The van der Waals surface area contributed by atoms with E-state index in [1.165, 1.54) is 6.08 Å². The number of para-hydroxylation sites is 1. The van der Waals surface area contributed by atoms with Crippen LogP contribution in [-0.4, -0.2) is 18.2 Å². The van der Waals surface area contributed by atoms with Crippen LogP contribution in [0.3, 0.4) is 0 Å². The first-order valence-electron chi connectivity index (χ1n) is 6.04. The van der Waals surface area contributed by atoms with Gasteiger partial charge >= 0.3 is 5.97 Å². The van der Waals surface area contributed by atoms with Gasteiger partial charge in [0.1, 0.15) is 6.61 Å². The summed E-state index contributed by atoms with van der Waals surface area (Å²) in [5, 5.41) is 10.7. The summed E-state index contributed by atoms with van der Waals surface area (Å²) in [6.45, 7) is 0.381. The van der Waals surface area contributed by atoms with Crippen molar-refractivity contribution in [1.29, 1.82) is 0 Å². The number of rotatable bonds is 6. The van der Waals surface area contributed by atoms with E-state index in [0.717, 1.165) is 15.4 Å². The quantitative estimate of drug-likeness (QED) is 0.776. The summed E-state index contributed by atoms with van der Waals surface area (Å²) >= 11 is 5.03. The Balaban J connectivity index is 2.27. The topological polar surface area (TPSA) is 55.8 Å². The second-order valence-corrected chi connectivity index (χ2v) is 5.89. The average Bonchev–Trinajstić information content (AvgIpc) is 2.88. The average molecular weight is 369 g/mol. The molecule has 1 heterocycles. The SMILES string of the molecule is COc1cccc(C=CC(=O)O)c1OCc1sccc1Br. The lowest BCUT2D eigenvalue weighted by Gasteiger charge is -2.13. The molecule has 1 N–H and O–H groups in total.